The number of H-pyrrole nitrogens is 1. The molecule has 4 rings (SSSR count). The largest absolute Gasteiger partial charge is 0.337 e. The van der Waals surface area contributed by atoms with Gasteiger partial charge in [-0.05, 0) is 74.4 Å². The lowest BCUT2D eigenvalue weighted by Crippen LogP contribution is -2.01. The summed E-state index contributed by atoms with van der Waals surface area (Å²) in [5.41, 5.74) is 6.47. The molecule has 0 bridgehead atoms. The van der Waals surface area contributed by atoms with Crippen molar-refractivity contribution in [2.75, 3.05) is 0 Å². The zero-order chi connectivity index (χ0) is 20.7. The fraction of sp³-hybridized carbons (Fsp3) is 0.130. The van der Waals surface area contributed by atoms with Crippen LogP contribution in [-0.2, 0) is 0 Å². The van der Waals surface area contributed by atoms with Crippen LogP contribution in [0, 0.1) is 37.9 Å². The van der Waals surface area contributed by atoms with Crippen LogP contribution in [0.1, 0.15) is 28.3 Å². The Kier molecular flexibility index (Phi) is 4.73. The Hall–Kier alpha value is -3.36. The van der Waals surface area contributed by atoms with Gasteiger partial charge in [-0.1, -0.05) is 17.7 Å². The van der Waals surface area contributed by atoms with E-state index >= 15 is 0 Å². The van der Waals surface area contributed by atoms with Crippen LogP contribution in [0.3, 0.4) is 0 Å². The second kappa shape index (κ2) is 7.23. The normalized spacial score (nSPS) is 11.8. The summed E-state index contributed by atoms with van der Waals surface area (Å²) in [5, 5.41) is 10.4. The Morgan fingerprint density at radius 2 is 2.00 bits per heavy atom. The lowest BCUT2D eigenvalue weighted by Gasteiger charge is -2.13. The molecular formula is C23H18ClFN4. The van der Waals surface area contributed by atoms with Crippen molar-refractivity contribution in [1.29, 1.82) is 5.26 Å². The third-order valence-electron chi connectivity index (χ3n) is 5.07. The Labute approximate surface area is 172 Å². The van der Waals surface area contributed by atoms with Gasteiger partial charge in [-0.15, -0.1) is 0 Å². The van der Waals surface area contributed by atoms with E-state index in [2.05, 4.69) is 20.6 Å². The molecule has 2 aromatic carbocycles. The zero-order valence-electron chi connectivity index (χ0n) is 16.2. The predicted octanol–water partition coefficient (Wildman–Crippen LogP) is 6.14. The second-order valence-electron chi connectivity index (χ2n) is 6.96. The van der Waals surface area contributed by atoms with Crippen LogP contribution in [0.2, 0.25) is 5.02 Å². The van der Waals surface area contributed by atoms with E-state index in [1.54, 1.807) is 12.1 Å². The molecule has 0 saturated carbocycles. The molecule has 0 aliphatic carbocycles. The standard InChI is InChI=1S/C23H18ClFN4/c1-13-9-16(15(3)29(13)22-6-4-5-19(24)14(22)2)10-17(12-26)23-27-20-8-7-18(25)11-21(20)28-23/h4-11H,1-3H3,(H,27,28)/b17-10-. The number of halogens is 2. The minimum atomic E-state index is -0.351. The van der Waals surface area contributed by atoms with E-state index in [4.69, 9.17) is 11.6 Å². The summed E-state index contributed by atoms with van der Waals surface area (Å²) in [6.45, 7) is 6.00. The number of rotatable bonds is 3. The second-order valence-corrected chi connectivity index (χ2v) is 7.37. The Balaban J connectivity index is 1.82. The van der Waals surface area contributed by atoms with Crippen LogP contribution in [-0.4, -0.2) is 14.5 Å². The summed E-state index contributed by atoms with van der Waals surface area (Å²) < 4.78 is 15.6. The molecule has 0 aliphatic rings. The fourth-order valence-electron chi connectivity index (χ4n) is 3.56. The van der Waals surface area contributed by atoms with E-state index in [0.717, 1.165) is 28.2 Å². The predicted molar refractivity (Wildman–Crippen MR) is 115 cm³/mol. The van der Waals surface area contributed by atoms with Gasteiger partial charge in [0.05, 0.1) is 16.6 Å². The van der Waals surface area contributed by atoms with Crippen molar-refractivity contribution in [1.82, 2.24) is 14.5 Å². The molecule has 1 N–H and O–H groups in total. The number of aromatic nitrogens is 3. The van der Waals surface area contributed by atoms with E-state index in [9.17, 15) is 9.65 Å². The molecule has 4 nitrogen and oxygen atoms in total. The molecule has 0 atom stereocenters. The molecule has 6 heteroatoms. The van der Waals surface area contributed by atoms with Gasteiger partial charge in [-0.3, -0.25) is 0 Å². The van der Waals surface area contributed by atoms with Gasteiger partial charge in [0.2, 0.25) is 0 Å². The van der Waals surface area contributed by atoms with Gasteiger partial charge in [0.25, 0.3) is 0 Å². The number of nitrogens with zero attached hydrogens (tertiary/aromatic N) is 3. The highest BCUT2D eigenvalue weighted by atomic mass is 35.5. The van der Waals surface area contributed by atoms with Crippen molar-refractivity contribution < 1.29 is 4.39 Å². The number of allylic oxidation sites excluding steroid dienone is 1. The van der Waals surface area contributed by atoms with Gasteiger partial charge in [0.15, 0.2) is 0 Å². The number of aromatic amines is 1. The van der Waals surface area contributed by atoms with Crippen molar-refractivity contribution in [3.05, 3.63) is 81.6 Å². The highest BCUT2D eigenvalue weighted by Crippen LogP contribution is 2.29. The van der Waals surface area contributed by atoms with E-state index in [1.165, 1.54) is 12.1 Å². The first-order chi connectivity index (χ1) is 13.9. The molecule has 0 unspecified atom stereocenters. The third-order valence-corrected chi connectivity index (χ3v) is 5.48. The van der Waals surface area contributed by atoms with Gasteiger partial charge in [-0.2, -0.15) is 5.26 Å². The van der Waals surface area contributed by atoms with Crippen molar-refractivity contribution >= 4 is 34.3 Å². The highest BCUT2D eigenvalue weighted by molar-refractivity contribution is 6.31. The molecule has 2 heterocycles. The molecular weight excluding hydrogens is 387 g/mol. The molecule has 0 spiro atoms. The van der Waals surface area contributed by atoms with E-state index in [-0.39, 0.29) is 5.82 Å². The maximum atomic E-state index is 13.5. The van der Waals surface area contributed by atoms with E-state index in [0.29, 0.717) is 27.5 Å². The van der Waals surface area contributed by atoms with Crippen molar-refractivity contribution in [2.45, 2.75) is 20.8 Å². The number of fused-ring (bicyclic) bond motifs is 1. The first kappa shape index (κ1) is 19.0. The maximum Gasteiger partial charge on any atom is 0.149 e. The van der Waals surface area contributed by atoms with E-state index < -0.39 is 0 Å². The average molecular weight is 405 g/mol. The average Bonchev–Trinajstić information content (AvgIpc) is 3.22. The topological polar surface area (TPSA) is 57.4 Å². The van der Waals surface area contributed by atoms with Crippen LogP contribution < -0.4 is 0 Å². The highest BCUT2D eigenvalue weighted by Gasteiger charge is 2.15. The van der Waals surface area contributed by atoms with Crippen LogP contribution in [0.5, 0.6) is 0 Å². The molecule has 0 radical (unpaired) electrons. The van der Waals surface area contributed by atoms with Gasteiger partial charge in [-0.25, -0.2) is 9.37 Å². The first-order valence-electron chi connectivity index (χ1n) is 9.11. The van der Waals surface area contributed by atoms with Crippen molar-refractivity contribution in [3.63, 3.8) is 0 Å². The van der Waals surface area contributed by atoms with Gasteiger partial charge < -0.3 is 9.55 Å². The number of imidazole rings is 1. The molecule has 144 valence electrons. The molecule has 0 aliphatic heterocycles. The zero-order valence-corrected chi connectivity index (χ0v) is 17.0. The molecule has 4 aromatic rings. The number of nitriles is 1. The minimum Gasteiger partial charge on any atom is -0.337 e. The molecule has 29 heavy (non-hydrogen) atoms. The monoisotopic (exact) mass is 404 g/mol. The number of nitrogens with one attached hydrogen (secondary N) is 1. The van der Waals surface area contributed by atoms with Gasteiger partial charge >= 0.3 is 0 Å². The smallest absolute Gasteiger partial charge is 0.149 e. The number of benzene rings is 2. The first-order valence-corrected chi connectivity index (χ1v) is 9.48. The van der Waals surface area contributed by atoms with Crippen LogP contribution in [0.15, 0.2) is 42.5 Å². The SMILES string of the molecule is Cc1c(Cl)cccc1-n1c(C)cc(/C=C(/C#N)c2nc3ccc(F)cc3[nH]2)c1C. The third kappa shape index (κ3) is 3.32. The van der Waals surface area contributed by atoms with Gasteiger partial charge in [0, 0.05) is 22.1 Å². The van der Waals surface area contributed by atoms with E-state index in [1.807, 2.05) is 45.0 Å². The molecule has 0 saturated heterocycles. The molecule has 0 fully saturated rings. The summed E-state index contributed by atoms with van der Waals surface area (Å²) in [5.74, 6) is 0.0625. The van der Waals surface area contributed by atoms with Crippen molar-refractivity contribution in [2.24, 2.45) is 0 Å². The lowest BCUT2D eigenvalue weighted by atomic mass is 10.1. The number of hydrogen-bond donors (Lipinski definition) is 1. The summed E-state index contributed by atoms with van der Waals surface area (Å²) in [6.07, 6.45) is 1.80. The number of aryl methyl sites for hydroxylation is 1. The van der Waals surface area contributed by atoms with Crippen LogP contribution in [0.25, 0.3) is 28.4 Å². The van der Waals surface area contributed by atoms with Crippen LogP contribution >= 0.6 is 11.6 Å². The Morgan fingerprint density at radius 3 is 2.76 bits per heavy atom. The van der Waals surface area contributed by atoms with Gasteiger partial charge in [0.1, 0.15) is 17.7 Å². The summed E-state index contributed by atoms with van der Waals surface area (Å²) >= 11 is 6.30. The molecule has 0 amide bonds. The fourth-order valence-corrected chi connectivity index (χ4v) is 3.73. The minimum absolute atomic E-state index is 0.351. The molecule has 2 aromatic heterocycles. The summed E-state index contributed by atoms with van der Waals surface area (Å²) in [4.78, 5) is 7.46. The summed E-state index contributed by atoms with van der Waals surface area (Å²) in [6, 6.07) is 14.4. The summed E-state index contributed by atoms with van der Waals surface area (Å²) in [7, 11) is 0. The maximum absolute atomic E-state index is 13.5. The Morgan fingerprint density at radius 1 is 1.21 bits per heavy atom. The number of hydrogen-bond acceptors (Lipinski definition) is 2. The lowest BCUT2D eigenvalue weighted by molar-refractivity contribution is 0.629. The quantitative estimate of drug-likeness (QED) is 0.417. The Bertz CT molecular complexity index is 1320. The van der Waals surface area contributed by atoms with Crippen LogP contribution in [0.4, 0.5) is 4.39 Å². The van der Waals surface area contributed by atoms with Crippen molar-refractivity contribution in [3.8, 4) is 11.8 Å².